The molecular weight excluding hydrogens is 494 g/mol. The monoisotopic (exact) mass is 527 g/mol. The fraction of sp³-hybridized carbons (Fsp3) is 0.281. The van der Waals surface area contributed by atoms with Crippen molar-refractivity contribution in [1.82, 2.24) is 4.90 Å². The number of nitrogens with zero attached hydrogens (tertiary/aromatic N) is 1. The van der Waals surface area contributed by atoms with Gasteiger partial charge in [0.15, 0.2) is 11.5 Å². The average molecular weight is 528 g/mol. The molecule has 2 aromatic rings. The van der Waals surface area contributed by atoms with E-state index in [9.17, 15) is 19.5 Å². The standard InChI is InChI=1S/C17H19NO3.C15H14O3/c19-17(18-10-4-1-5-11-18)7-3-2-6-14-8-9-15-16(12-14)21-13-20-15;1-9(2)7-8-12-13(16)10-5-3-4-6-11(10)14(17)15(12)18/h2-3,6-9,12H,1,4-5,10-11,13H2;3-7,16H,8H2,1-2H3. The Labute approximate surface area is 228 Å². The van der Waals surface area contributed by atoms with Gasteiger partial charge in [0.1, 0.15) is 5.76 Å². The fourth-order valence-corrected chi connectivity index (χ4v) is 4.45. The molecule has 1 N–H and O–H groups in total. The molecule has 2 aromatic carbocycles. The summed E-state index contributed by atoms with van der Waals surface area (Å²) in [6.45, 7) is 5.86. The van der Waals surface area contributed by atoms with Crippen molar-refractivity contribution in [3.63, 3.8) is 0 Å². The zero-order valence-electron chi connectivity index (χ0n) is 22.3. The molecule has 1 saturated heterocycles. The van der Waals surface area contributed by atoms with Crippen LogP contribution in [-0.4, -0.2) is 47.4 Å². The van der Waals surface area contributed by atoms with E-state index in [0.717, 1.165) is 48.6 Å². The summed E-state index contributed by atoms with van der Waals surface area (Å²) in [5.41, 5.74) is 2.96. The van der Waals surface area contributed by atoms with Gasteiger partial charge in [-0.3, -0.25) is 14.4 Å². The van der Waals surface area contributed by atoms with Crippen LogP contribution < -0.4 is 9.47 Å². The van der Waals surface area contributed by atoms with E-state index in [0.29, 0.717) is 5.56 Å². The number of ether oxygens (including phenoxy) is 2. The molecule has 0 bridgehead atoms. The highest BCUT2D eigenvalue weighted by Crippen LogP contribution is 2.33. The van der Waals surface area contributed by atoms with E-state index in [1.165, 1.54) is 6.42 Å². The number of hydrogen-bond donors (Lipinski definition) is 1. The maximum absolute atomic E-state index is 11.9. The van der Waals surface area contributed by atoms with Gasteiger partial charge >= 0.3 is 0 Å². The van der Waals surface area contributed by atoms with Crippen molar-refractivity contribution >= 4 is 29.3 Å². The first-order valence-electron chi connectivity index (χ1n) is 13.1. The second-order valence-electron chi connectivity index (χ2n) is 9.73. The molecule has 0 spiro atoms. The van der Waals surface area contributed by atoms with Gasteiger partial charge in [-0.25, -0.2) is 0 Å². The van der Waals surface area contributed by atoms with Gasteiger partial charge in [-0.2, -0.15) is 0 Å². The topological polar surface area (TPSA) is 93.1 Å². The van der Waals surface area contributed by atoms with E-state index in [1.807, 2.05) is 55.2 Å². The van der Waals surface area contributed by atoms with Crippen molar-refractivity contribution in [2.75, 3.05) is 19.9 Å². The predicted molar refractivity (Wildman–Crippen MR) is 151 cm³/mol. The van der Waals surface area contributed by atoms with Crippen LogP contribution in [0.1, 0.15) is 61.0 Å². The number of benzene rings is 2. The lowest BCUT2D eigenvalue weighted by atomic mass is 9.87. The Hall–Kier alpha value is -4.39. The Bertz CT molecular complexity index is 1370. The summed E-state index contributed by atoms with van der Waals surface area (Å²) < 4.78 is 10.6. The molecule has 1 aliphatic carbocycles. The molecule has 3 aliphatic rings. The molecule has 0 radical (unpaired) electrons. The molecule has 0 aromatic heterocycles. The Morgan fingerprint density at radius 3 is 2.38 bits per heavy atom. The highest BCUT2D eigenvalue weighted by atomic mass is 16.7. The lowest BCUT2D eigenvalue weighted by Crippen LogP contribution is -2.34. The summed E-state index contributed by atoms with van der Waals surface area (Å²) in [6, 6.07) is 12.4. The highest BCUT2D eigenvalue weighted by molar-refractivity contribution is 6.52. The van der Waals surface area contributed by atoms with Crippen LogP contribution in [0.4, 0.5) is 0 Å². The molecule has 5 rings (SSSR count). The van der Waals surface area contributed by atoms with Crippen molar-refractivity contribution in [2.24, 2.45) is 0 Å². The first-order chi connectivity index (χ1) is 18.8. The van der Waals surface area contributed by atoms with Gasteiger partial charge in [0.2, 0.25) is 24.3 Å². The molecule has 1 amide bonds. The van der Waals surface area contributed by atoms with E-state index in [4.69, 9.17) is 9.47 Å². The van der Waals surface area contributed by atoms with Gasteiger partial charge in [-0.1, -0.05) is 60.2 Å². The lowest BCUT2D eigenvalue weighted by Gasteiger charge is -2.25. The predicted octanol–water partition coefficient (Wildman–Crippen LogP) is 6.07. The quantitative estimate of drug-likeness (QED) is 0.219. The number of allylic oxidation sites excluding steroid dienone is 5. The zero-order valence-corrected chi connectivity index (χ0v) is 22.3. The van der Waals surface area contributed by atoms with Gasteiger partial charge in [0.05, 0.1) is 0 Å². The molecule has 7 nitrogen and oxygen atoms in total. The fourth-order valence-electron chi connectivity index (χ4n) is 4.45. The third kappa shape index (κ3) is 6.93. The van der Waals surface area contributed by atoms with Crippen molar-refractivity contribution in [3.8, 4) is 11.5 Å². The zero-order chi connectivity index (χ0) is 27.8. The van der Waals surface area contributed by atoms with E-state index < -0.39 is 11.6 Å². The molecule has 202 valence electrons. The molecule has 0 saturated carbocycles. The first-order valence-corrected chi connectivity index (χ1v) is 13.1. The van der Waals surface area contributed by atoms with E-state index in [1.54, 1.807) is 36.4 Å². The third-order valence-corrected chi connectivity index (χ3v) is 6.61. The van der Waals surface area contributed by atoms with E-state index in [2.05, 4.69) is 0 Å². The Balaban J connectivity index is 0.000000183. The molecule has 0 atom stereocenters. The van der Waals surface area contributed by atoms with Crippen LogP contribution in [0.2, 0.25) is 0 Å². The smallest absolute Gasteiger partial charge is 0.246 e. The van der Waals surface area contributed by atoms with Crippen molar-refractivity contribution < 1.29 is 29.0 Å². The molecule has 1 fully saturated rings. The Kier molecular flexibility index (Phi) is 9.15. The minimum atomic E-state index is -0.608. The number of Topliss-reactive ketones (excluding diaryl/α,β-unsaturated/α-hetero) is 2. The number of aliphatic hydroxyl groups is 1. The van der Waals surface area contributed by atoms with Crippen LogP contribution in [0.25, 0.3) is 11.8 Å². The minimum absolute atomic E-state index is 0.0762. The average Bonchev–Trinajstić information content (AvgIpc) is 3.43. The van der Waals surface area contributed by atoms with Crippen LogP contribution in [0.3, 0.4) is 0 Å². The number of amides is 1. The van der Waals surface area contributed by atoms with Gasteiger partial charge in [0, 0.05) is 35.9 Å². The van der Waals surface area contributed by atoms with Crippen LogP contribution >= 0.6 is 0 Å². The summed E-state index contributed by atoms with van der Waals surface area (Å²) >= 11 is 0. The molecular formula is C32H33NO6. The number of likely N-dealkylation sites (tertiary alicyclic amines) is 1. The molecule has 39 heavy (non-hydrogen) atoms. The van der Waals surface area contributed by atoms with Crippen LogP contribution in [0, 0.1) is 0 Å². The number of carbonyl (C=O) groups is 3. The maximum Gasteiger partial charge on any atom is 0.246 e. The summed E-state index contributed by atoms with van der Waals surface area (Å²) in [5.74, 6) is 0.426. The number of rotatable bonds is 5. The Morgan fingerprint density at radius 1 is 0.923 bits per heavy atom. The SMILES string of the molecule is CC(C)=CCC1=C(O)c2ccccc2C(=O)C1=O.O=C(C=CC=Cc1ccc2c(c1)OCO2)N1CCCCC1. The van der Waals surface area contributed by atoms with Crippen molar-refractivity contribution in [1.29, 1.82) is 0 Å². The number of ketones is 2. The minimum Gasteiger partial charge on any atom is -0.507 e. The van der Waals surface area contributed by atoms with Gasteiger partial charge in [0.25, 0.3) is 0 Å². The maximum atomic E-state index is 11.9. The molecule has 2 heterocycles. The number of fused-ring (bicyclic) bond motifs is 2. The summed E-state index contributed by atoms with van der Waals surface area (Å²) in [5, 5.41) is 10.1. The van der Waals surface area contributed by atoms with Crippen LogP contribution in [0.5, 0.6) is 11.5 Å². The summed E-state index contributed by atoms with van der Waals surface area (Å²) in [7, 11) is 0. The van der Waals surface area contributed by atoms with Gasteiger partial charge in [-0.15, -0.1) is 0 Å². The highest BCUT2D eigenvalue weighted by Gasteiger charge is 2.31. The largest absolute Gasteiger partial charge is 0.507 e. The van der Waals surface area contributed by atoms with Crippen LogP contribution in [-0.2, 0) is 9.59 Å². The molecule has 0 unspecified atom stereocenters. The summed E-state index contributed by atoms with van der Waals surface area (Å²) in [4.78, 5) is 37.7. The second kappa shape index (κ2) is 12.9. The van der Waals surface area contributed by atoms with Crippen LogP contribution in [0.15, 0.2) is 77.9 Å². The summed E-state index contributed by atoms with van der Waals surface area (Å²) in [6.07, 6.45) is 12.8. The van der Waals surface area contributed by atoms with Gasteiger partial charge < -0.3 is 19.5 Å². The third-order valence-electron chi connectivity index (χ3n) is 6.61. The lowest BCUT2D eigenvalue weighted by molar-refractivity contribution is -0.126. The molecule has 2 aliphatic heterocycles. The number of carbonyl (C=O) groups excluding carboxylic acids is 3. The number of aliphatic hydroxyl groups excluding tert-OH is 1. The molecule has 7 heteroatoms. The van der Waals surface area contributed by atoms with E-state index in [-0.39, 0.29) is 36.0 Å². The number of piperidine rings is 1. The van der Waals surface area contributed by atoms with Crippen molar-refractivity contribution in [2.45, 2.75) is 39.5 Å². The Morgan fingerprint density at radius 2 is 1.64 bits per heavy atom. The number of hydrogen-bond acceptors (Lipinski definition) is 6. The van der Waals surface area contributed by atoms with Crippen molar-refractivity contribution in [3.05, 3.63) is 94.6 Å². The van der Waals surface area contributed by atoms with E-state index >= 15 is 0 Å². The first kappa shape index (κ1) is 27.6. The van der Waals surface area contributed by atoms with Gasteiger partial charge in [-0.05, 0) is 57.2 Å². The second-order valence-corrected chi connectivity index (χ2v) is 9.73. The normalized spacial score (nSPS) is 16.3.